The molecule has 0 saturated carbocycles. The molecule has 0 unspecified atom stereocenters. The van der Waals surface area contributed by atoms with Crippen LogP contribution in [0.5, 0.6) is 5.88 Å². The first kappa shape index (κ1) is 13.2. The molecule has 17 heavy (non-hydrogen) atoms. The summed E-state index contributed by atoms with van der Waals surface area (Å²) in [5, 5.41) is 8.59. The fourth-order valence-electron chi connectivity index (χ4n) is 1.12. The maximum atomic E-state index is 12.5. The van der Waals surface area contributed by atoms with E-state index >= 15 is 0 Å². The van der Waals surface area contributed by atoms with Crippen LogP contribution in [0.25, 0.3) is 0 Å². The highest BCUT2D eigenvalue weighted by molar-refractivity contribution is 5.47. The quantitative estimate of drug-likeness (QED) is 0.760. The van der Waals surface area contributed by atoms with Gasteiger partial charge in [0.15, 0.2) is 0 Å². The van der Waals surface area contributed by atoms with Gasteiger partial charge >= 0.3 is 6.18 Å². The Labute approximate surface area is 92.4 Å². The van der Waals surface area contributed by atoms with Gasteiger partial charge < -0.3 is 4.74 Å². The van der Waals surface area contributed by atoms with Crippen LogP contribution in [0.1, 0.15) is 23.2 Å². The van der Waals surface area contributed by atoms with Crippen molar-refractivity contribution in [2.24, 2.45) is 0 Å². The van der Waals surface area contributed by atoms with Crippen LogP contribution in [0.3, 0.4) is 0 Å². The molecule has 0 aliphatic rings. The summed E-state index contributed by atoms with van der Waals surface area (Å²) < 4.78 is 66.4. The van der Waals surface area contributed by atoms with Crippen LogP contribution in [0, 0.1) is 11.3 Å². The fraction of sp³-hybridized carbons (Fsp3) is 0.333. The number of ether oxygens (including phenoxy) is 1. The monoisotopic (exact) mass is 252 g/mol. The highest BCUT2D eigenvalue weighted by Crippen LogP contribution is 2.35. The molecule has 0 fully saturated rings. The second-order valence-electron chi connectivity index (χ2n) is 2.89. The average molecular weight is 252 g/mol. The van der Waals surface area contributed by atoms with Crippen LogP contribution in [-0.2, 0) is 6.18 Å². The van der Waals surface area contributed by atoms with Crippen LogP contribution in [0.2, 0.25) is 0 Å². The Morgan fingerprint density at radius 3 is 2.35 bits per heavy atom. The minimum absolute atomic E-state index is 0.145. The highest BCUT2D eigenvalue weighted by Gasteiger charge is 2.35. The van der Waals surface area contributed by atoms with Gasteiger partial charge in [0.1, 0.15) is 17.3 Å². The first-order valence-electron chi connectivity index (χ1n) is 4.15. The van der Waals surface area contributed by atoms with Crippen LogP contribution in [-0.4, -0.2) is 12.1 Å². The van der Waals surface area contributed by atoms with Crippen molar-refractivity contribution in [3.63, 3.8) is 0 Å². The number of methoxy groups -OCH3 is 1. The van der Waals surface area contributed by atoms with E-state index in [1.165, 1.54) is 6.07 Å². The number of hydrogen-bond acceptors (Lipinski definition) is 3. The third-order valence-corrected chi connectivity index (χ3v) is 1.85. The zero-order valence-corrected chi connectivity index (χ0v) is 8.35. The molecule has 0 aromatic carbocycles. The molecule has 0 radical (unpaired) electrons. The number of nitrogens with zero attached hydrogens (tertiary/aromatic N) is 2. The van der Waals surface area contributed by atoms with Crippen LogP contribution in [0.4, 0.5) is 22.0 Å². The first-order valence-corrected chi connectivity index (χ1v) is 4.15. The first-order chi connectivity index (χ1) is 7.81. The average Bonchev–Trinajstić information content (AvgIpc) is 2.25. The molecule has 8 heteroatoms. The van der Waals surface area contributed by atoms with Gasteiger partial charge in [-0.1, -0.05) is 0 Å². The summed E-state index contributed by atoms with van der Waals surface area (Å²) >= 11 is 0. The molecule has 0 amide bonds. The number of aromatic nitrogens is 1. The zero-order valence-electron chi connectivity index (χ0n) is 8.35. The molecule has 1 aromatic rings. The van der Waals surface area contributed by atoms with E-state index in [0.717, 1.165) is 7.11 Å². The number of nitriles is 1. The summed E-state index contributed by atoms with van der Waals surface area (Å²) in [5.74, 6) is -0.766. The molecule has 0 atom stereocenters. The Balaban J connectivity index is 3.53. The highest BCUT2D eigenvalue weighted by atomic mass is 19.4. The van der Waals surface area contributed by atoms with Gasteiger partial charge in [-0.3, -0.25) is 0 Å². The van der Waals surface area contributed by atoms with Gasteiger partial charge in [0.05, 0.1) is 7.11 Å². The van der Waals surface area contributed by atoms with Gasteiger partial charge in [-0.2, -0.15) is 18.4 Å². The lowest BCUT2D eigenvalue weighted by molar-refractivity contribution is -0.141. The predicted molar refractivity (Wildman–Crippen MR) is 45.5 cm³/mol. The maximum Gasteiger partial charge on any atom is 0.433 e. The molecule has 0 bridgehead atoms. The van der Waals surface area contributed by atoms with Crippen molar-refractivity contribution in [3.05, 3.63) is 22.9 Å². The topological polar surface area (TPSA) is 45.9 Å². The summed E-state index contributed by atoms with van der Waals surface area (Å²) in [5.41, 5.74) is -3.27. The third kappa shape index (κ3) is 2.61. The van der Waals surface area contributed by atoms with Gasteiger partial charge in [0.25, 0.3) is 6.43 Å². The molecule has 1 aromatic heterocycles. The minimum atomic E-state index is -4.88. The van der Waals surface area contributed by atoms with Crippen LogP contribution < -0.4 is 4.74 Å². The van der Waals surface area contributed by atoms with Gasteiger partial charge in [0.2, 0.25) is 5.88 Å². The minimum Gasteiger partial charge on any atom is -0.480 e. The van der Waals surface area contributed by atoms with E-state index in [2.05, 4.69) is 9.72 Å². The number of rotatable bonds is 2. The van der Waals surface area contributed by atoms with E-state index in [4.69, 9.17) is 5.26 Å². The van der Waals surface area contributed by atoms with Crippen molar-refractivity contribution < 1.29 is 26.7 Å². The van der Waals surface area contributed by atoms with Crippen molar-refractivity contribution in [3.8, 4) is 11.9 Å². The lowest BCUT2D eigenvalue weighted by Gasteiger charge is -2.12. The fourth-order valence-corrected chi connectivity index (χ4v) is 1.12. The Morgan fingerprint density at radius 2 is 2.00 bits per heavy atom. The molecule has 92 valence electrons. The van der Waals surface area contributed by atoms with Crippen molar-refractivity contribution in [2.45, 2.75) is 12.6 Å². The maximum absolute atomic E-state index is 12.5. The molecule has 0 aliphatic heterocycles. The number of hydrogen-bond donors (Lipinski definition) is 0. The van der Waals surface area contributed by atoms with E-state index in [1.54, 1.807) is 0 Å². The standard InChI is InChI=1S/C9H5F5N2O/c1-17-8-5(3-15)4(7(10)11)2-6(16-8)9(12,13)14/h2,7H,1H3. The molecule has 0 N–H and O–H groups in total. The smallest absolute Gasteiger partial charge is 0.433 e. The normalized spacial score (nSPS) is 11.4. The second kappa shape index (κ2) is 4.53. The Kier molecular flexibility index (Phi) is 3.50. The number of pyridine rings is 1. The van der Waals surface area contributed by atoms with Gasteiger partial charge in [-0.15, -0.1) is 0 Å². The predicted octanol–water partition coefficient (Wildman–Crippen LogP) is 2.92. The molecule has 1 heterocycles. The van der Waals surface area contributed by atoms with Crippen molar-refractivity contribution in [1.82, 2.24) is 4.98 Å². The van der Waals surface area contributed by atoms with Gasteiger partial charge in [-0.05, 0) is 6.07 Å². The van der Waals surface area contributed by atoms with Crippen molar-refractivity contribution >= 4 is 0 Å². The van der Waals surface area contributed by atoms with Gasteiger partial charge in [-0.25, -0.2) is 13.8 Å². The summed E-state index contributed by atoms with van der Waals surface area (Å²) in [6.45, 7) is 0. The number of halogens is 5. The van der Waals surface area contributed by atoms with Gasteiger partial charge in [0, 0.05) is 5.56 Å². The Morgan fingerprint density at radius 1 is 1.41 bits per heavy atom. The van der Waals surface area contributed by atoms with E-state index in [-0.39, 0.29) is 6.07 Å². The summed E-state index contributed by atoms with van der Waals surface area (Å²) in [6, 6.07) is 1.48. The van der Waals surface area contributed by atoms with E-state index in [9.17, 15) is 22.0 Å². The SMILES string of the molecule is COc1nc(C(F)(F)F)cc(C(F)F)c1C#N. The Bertz CT molecular complexity index is 464. The largest absolute Gasteiger partial charge is 0.480 e. The summed E-state index contributed by atoms with van der Waals surface area (Å²) in [4.78, 5) is 2.97. The molecule has 3 nitrogen and oxygen atoms in total. The number of alkyl halides is 5. The summed E-state index contributed by atoms with van der Waals surface area (Å²) in [7, 11) is 0.943. The third-order valence-electron chi connectivity index (χ3n) is 1.85. The molecule has 0 aliphatic carbocycles. The van der Waals surface area contributed by atoms with E-state index < -0.39 is 35.3 Å². The lowest BCUT2D eigenvalue weighted by atomic mass is 10.1. The van der Waals surface area contributed by atoms with Crippen molar-refractivity contribution in [2.75, 3.05) is 7.11 Å². The molecular formula is C9H5F5N2O. The van der Waals surface area contributed by atoms with Crippen LogP contribution in [0.15, 0.2) is 6.07 Å². The summed E-state index contributed by atoms with van der Waals surface area (Å²) in [6.07, 6.45) is -8.10. The molecule has 1 rings (SSSR count). The molecule has 0 saturated heterocycles. The molecule has 0 spiro atoms. The lowest BCUT2D eigenvalue weighted by Crippen LogP contribution is -2.11. The zero-order chi connectivity index (χ0) is 13.2. The Hall–Kier alpha value is -1.91. The second-order valence-corrected chi connectivity index (χ2v) is 2.89. The van der Waals surface area contributed by atoms with E-state index in [1.807, 2.05) is 0 Å². The van der Waals surface area contributed by atoms with E-state index in [0.29, 0.717) is 0 Å². The van der Waals surface area contributed by atoms with Crippen molar-refractivity contribution in [1.29, 1.82) is 5.26 Å². The van der Waals surface area contributed by atoms with Crippen LogP contribution >= 0.6 is 0 Å². The molecular weight excluding hydrogens is 247 g/mol.